The zero-order chi connectivity index (χ0) is 13.7. The van der Waals surface area contributed by atoms with Crippen molar-refractivity contribution in [3.8, 4) is 0 Å². The maximum atomic E-state index is 11.9. The Labute approximate surface area is 109 Å². The molecule has 1 aliphatic heterocycles. The summed E-state index contributed by atoms with van der Waals surface area (Å²) in [4.78, 5) is 27.8. The van der Waals surface area contributed by atoms with E-state index in [-0.39, 0.29) is 30.9 Å². The van der Waals surface area contributed by atoms with E-state index < -0.39 is 5.97 Å². The third-order valence-electron chi connectivity index (χ3n) is 3.02. The van der Waals surface area contributed by atoms with Gasteiger partial charge in [-0.2, -0.15) is 5.10 Å². The fraction of sp³-hybridized carbons (Fsp3) is 0.636. The van der Waals surface area contributed by atoms with E-state index >= 15 is 0 Å². The molecule has 0 radical (unpaired) electrons. The summed E-state index contributed by atoms with van der Waals surface area (Å²) < 4.78 is 5.46. The first-order valence-electron chi connectivity index (χ1n) is 6.15. The van der Waals surface area contributed by atoms with Crippen molar-refractivity contribution in [1.29, 1.82) is 0 Å². The molecule has 0 atom stereocenters. The lowest BCUT2D eigenvalue weighted by Gasteiger charge is -2.31. The first-order chi connectivity index (χ1) is 9.16. The molecule has 2 heterocycles. The minimum Gasteiger partial charge on any atom is -0.481 e. The lowest BCUT2D eigenvalue weighted by Crippen LogP contribution is -2.41. The molecule has 1 amide bonds. The van der Waals surface area contributed by atoms with Gasteiger partial charge in [0.25, 0.3) is 5.91 Å². The van der Waals surface area contributed by atoms with Gasteiger partial charge in [-0.05, 0) is 12.8 Å². The molecule has 0 aliphatic carbocycles. The van der Waals surface area contributed by atoms with Crippen LogP contribution in [0, 0.1) is 0 Å². The molecule has 19 heavy (non-hydrogen) atoms. The number of carbonyl (C=O) groups excluding carboxylic acids is 1. The number of carboxylic acids is 1. The number of rotatable bonds is 5. The molecule has 0 aromatic carbocycles. The number of amides is 1. The zero-order valence-corrected chi connectivity index (χ0v) is 10.4. The molecular weight excluding hydrogens is 252 g/mol. The van der Waals surface area contributed by atoms with Crippen LogP contribution in [0.5, 0.6) is 0 Å². The molecule has 1 aromatic heterocycles. The summed E-state index contributed by atoms with van der Waals surface area (Å²) in [5, 5.41) is 14.7. The van der Waals surface area contributed by atoms with E-state index in [2.05, 4.69) is 15.2 Å². The number of hydrogen-bond donors (Lipinski definition) is 2. The summed E-state index contributed by atoms with van der Waals surface area (Å²) >= 11 is 0. The highest BCUT2D eigenvalue weighted by atomic mass is 16.5. The van der Waals surface area contributed by atoms with Crippen molar-refractivity contribution in [1.82, 2.24) is 20.1 Å². The predicted octanol–water partition coefficient (Wildman–Crippen LogP) is -0.0994. The maximum Gasteiger partial charge on any atom is 0.305 e. The van der Waals surface area contributed by atoms with Gasteiger partial charge in [0.05, 0.1) is 19.1 Å². The Balaban J connectivity index is 1.73. The molecular formula is C11H16N4O4. The minimum atomic E-state index is -0.863. The first kappa shape index (κ1) is 13.5. The number of nitrogens with zero attached hydrogens (tertiary/aromatic N) is 3. The number of H-pyrrole nitrogens is 1. The number of aromatic nitrogens is 3. The highest BCUT2D eigenvalue weighted by molar-refractivity contribution is 5.90. The summed E-state index contributed by atoms with van der Waals surface area (Å²) in [5.41, 5.74) is 0. The number of ether oxygens (including phenoxy) is 1. The van der Waals surface area contributed by atoms with E-state index in [0.29, 0.717) is 25.9 Å². The SMILES string of the molecule is O=C(O)CCOC1CCN(C(=O)c2ncn[nH]2)CC1. The van der Waals surface area contributed by atoms with Crippen LogP contribution in [0.2, 0.25) is 0 Å². The van der Waals surface area contributed by atoms with Crippen molar-refractivity contribution < 1.29 is 19.4 Å². The standard InChI is InChI=1S/C11H16N4O4/c16-9(17)3-6-19-8-1-4-15(5-2-8)11(18)10-12-7-13-14-10/h7-8H,1-6H2,(H,16,17)(H,12,13,14). The Hall–Kier alpha value is -1.96. The Kier molecular flexibility index (Phi) is 4.45. The van der Waals surface area contributed by atoms with Gasteiger partial charge in [-0.15, -0.1) is 0 Å². The predicted molar refractivity (Wildman–Crippen MR) is 63.5 cm³/mol. The largest absolute Gasteiger partial charge is 0.481 e. The third-order valence-corrected chi connectivity index (χ3v) is 3.02. The number of aliphatic carboxylic acids is 1. The van der Waals surface area contributed by atoms with Gasteiger partial charge in [0, 0.05) is 13.1 Å². The number of piperidine rings is 1. The van der Waals surface area contributed by atoms with Gasteiger partial charge in [0.2, 0.25) is 5.82 Å². The molecule has 8 nitrogen and oxygen atoms in total. The minimum absolute atomic E-state index is 0.0111. The maximum absolute atomic E-state index is 11.9. The Morgan fingerprint density at radius 2 is 2.21 bits per heavy atom. The van der Waals surface area contributed by atoms with Crippen LogP contribution >= 0.6 is 0 Å². The second-order valence-corrected chi connectivity index (χ2v) is 4.34. The molecule has 2 rings (SSSR count). The van der Waals surface area contributed by atoms with E-state index in [1.807, 2.05) is 0 Å². The van der Waals surface area contributed by atoms with Crippen LogP contribution in [0.4, 0.5) is 0 Å². The molecule has 1 aliphatic rings. The van der Waals surface area contributed by atoms with E-state index in [9.17, 15) is 9.59 Å². The second kappa shape index (κ2) is 6.28. The van der Waals surface area contributed by atoms with Crippen molar-refractivity contribution in [2.24, 2.45) is 0 Å². The summed E-state index contributed by atoms with van der Waals surface area (Å²) in [7, 11) is 0. The molecule has 1 saturated heterocycles. The number of likely N-dealkylation sites (tertiary alicyclic amines) is 1. The molecule has 104 valence electrons. The fourth-order valence-corrected chi connectivity index (χ4v) is 2.00. The van der Waals surface area contributed by atoms with Gasteiger partial charge in [0.15, 0.2) is 0 Å². The molecule has 0 bridgehead atoms. The van der Waals surface area contributed by atoms with Crippen LogP contribution in [0.1, 0.15) is 29.9 Å². The molecule has 1 aromatic rings. The van der Waals surface area contributed by atoms with Gasteiger partial charge in [-0.3, -0.25) is 14.7 Å². The van der Waals surface area contributed by atoms with Gasteiger partial charge in [-0.1, -0.05) is 0 Å². The number of carboxylic acid groups (broad SMARTS) is 1. The van der Waals surface area contributed by atoms with Crippen molar-refractivity contribution in [3.05, 3.63) is 12.2 Å². The summed E-state index contributed by atoms with van der Waals surface area (Å²) in [6.45, 7) is 1.38. The molecule has 0 unspecified atom stereocenters. The quantitative estimate of drug-likeness (QED) is 0.772. The van der Waals surface area contributed by atoms with Crippen molar-refractivity contribution >= 4 is 11.9 Å². The van der Waals surface area contributed by atoms with Crippen molar-refractivity contribution in [2.45, 2.75) is 25.4 Å². The van der Waals surface area contributed by atoms with Crippen LogP contribution in [0.25, 0.3) is 0 Å². The highest BCUT2D eigenvalue weighted by Crippen LogP contribution is 2.15. The second-order valence-electron chi connectivity index (χ2n) is 4.34. The molecule has 0 saturated carbocycles. The third kappa shape index (κ3) is 3.75. The van der Waals surface area contributed by atoms with Gasteiger partial charge >= 0.3 is 5.97 Å². The van der Waals surface area contributed by atoms with Crippen molar-refractivity contribution in [3.63, 3.8) is 0 Å². The molecule has 0 spiro atoms. The lowest BCUT2D eigenvalue weighted by molar-refractivity contribution is -0.138. The topological polar surface area (TPSA) is 108 Å². The van der Waals surface area contributed by atoms with E-state index in [1.54, 1.807) is 4.90 Å². The number of nitrogens with one attached hydrogen (secondary N) is 1. The van der Waals surface area contributed by atoms with Gasteiger partial charge in [0.1, 0.15) is 6.33 Å². The highest BCUT2D eigenvalue weighted by Gasteiger charge is 2.25. The van der Waals surface area contributed by atoms with Crippen LogP contribution in [0.3, 0.4) is 0 Å². The normalized spacial score (nSPS) is 16.5. The number of carbonyl (C=O) groups is 2. The first-order valence-corrected chi connectivity index (χ1v) is 6.15. The Morgan fingerprint density at radius 1 is 1.47 bits per heavy atom. The smallest absolute Gasteiger partial charge is 0.305 e. The fourth-order valence-electron chi connectivity index (χ4n) is 2.00. The van der Waals surface area contributed by atoms with Crippen LogP contribution in [0.15, 0.2) is 6.33 Å². The lowest BCUT2D eigenvalue weighted by atomic mass is 10.1. The van der Waals surface area contributed by atoms with Gasteiger partial charge in [-0.25, -0.2) is 4.98 Å². The number of aromatic amines is 1. The van der Waals surface area contributed by atoms with Gasteiger partial charge < -0.3 is 14.7 Å². The van der Waals surface area contributed by atoms with E-state index in [4.69, 9.17) is 9.84 Å². The summed E-state index contributed by atoms with van der Waals surface area (Å²) in [6.07, 6.45) is 2.75. The average Bonchev–Trinajstić information content (AvgIpc) is 2.92. The van der Waals surface area contributed by atoms with E-state index in [0.717, 1.165) is 0 Å². The zero-order valence-electron chi connectivity index (χ0n) is 10.4. The Morgan fingerprint density at radius 3 is 2.79 bits per heavy atom. The molecule has 8 heteroatoms. The van der Waals surface area contributed by atoms with Crippen molar-refractivity contribution in [2.75, 3.05) is 19.7 Å². The monoisotopic (exact) mass is 268 g/mol. The summed E-state index contributed by atoms with van der Waals surface area (Å²) in [6, 6.07) is 0. The van der Waals surface area contributed by atoms with Crippen LogP contribution in [-0.2, 0) is 9.53 Å². The number of hydrogen-bond acceptors (Lipinski definition) is 5. The van der Waals surface area contributed by atoms with Crippen LogP contribution in [-0.4, -0.2) is 62.9 Å². The van der Waals surface area contributed by atoms with E-state index in [1.165, 1.54) is 6.33 Å². The van der Waals surface area contributed by atoms with Crippen LogP contribution < -0.4 is 0 Å². The molecule has 1 fully saturated rings. The summed E-state index contributed by atoms with van der Waals surface area (Å²) in [5.74, 6) is -0.787. The Bertz CT molecular complexity index is 426. The molecule has 2 N–H and O–H groups in total. The average molecular weight is 268 g/mol.